The number of amides is 2. The zero-order chi connectivity index (χ0) is 45.6. The van der Waals surface area contributed by atoms with E-state index in [1.165, 1.54) is 109 Å². The number of rotatable bonds is 50. The maximum absolute atomic E-state index is 12.3. The highest BCUT2D eigenvalue weighted by molar-refractivity contribution is 5.81. The Morgan fingerprint density at radius 2 is 0.790 bits per heavy atom. The van der Waals surface area contributed by atoms with Crippen molar-refractivity contribution < 1.29 is 35.1 Å². The number of hydrogen-bond donors (Lipinski definition) is 13. The summed E-state index contributed by atoms with van der Waals surface area (Å²) in [7, 11) is 0. The van der Waals surface area contributed by atoms with Crippen LogP contribution in [0.4, 0.5) is 0 Å². The van der Waals surface area contributed by atoms with Gasteiger partial charge in [0.25, 0.3) is 5.91 Å². The highest BCUT2D eigenvalue weighted by Gasteiger charge is 2.33. The molecule has 0 rings (SSSR count). The maximum Gasteiger partial charge on any atom is 0.251 e. The zero-order valence-corrected chi connectivity index (χ0v) is 39.4. The quantitative estimate of drug-likeness (QED) is 0.0393. The predicted octanol–water partition coefficient (Wildman–Crippen LogP) is 3.08. The van der Waals surface area contributed by atoms with Gasteiger partial charge in [0.15, 0.2) is 6.10 Å². The minimum atomic E-state index is -1.88. The summed E-state index contributed by atoms with van der Waals surface area (Å²) >= 11 is 0. The van der Waals surface area contributed by atoms with Crippen LogP contribution in [0.1, 0.15) is 173 Å². The van der Waals surface area contributed by atoms with Crippen LogP contribution in [0.2, 0.25) is 0 Å². The van der Waals surface area contributed by atoms with E-state index in [1.54, 1.807) is 0 Å². The van der Waals surface area contributed by atoms with Gasteiger partial charge in [-0.1, -0.05) is 103 Å². The van der Waals surface area contributed by atoms with E-state index in [9.17, 15) is 30.0 Å². The molecule has 15 nitrogen and oxygen atoms in total. The highest BCUT2D eigenvalue weighted by atomic mass is 16.4. The van der Waals surface area contributed by atoms with Crippen molar-refractivity contribution >= 4 is 11.8 Å². The Labute approximate surface area is 378 Å². The Hall–Kier alpha value is -1.50. The van der Waals surface area contributed by atoms with Crippen LogP contribution < -0.4 is 43.4 Å². The molecule has 2 amide bonds. The van der Waals surface area contributed by atoms with Gasteiger partial charge in [-0.2, -0.15) is 0 Å². The fourth-order valence-corrected chi connectivity index (χ4v) is 7.52. The van der Waals surface area contributed by atoms with Gasteiger partial charge in [-0.15, -0.1) is 0 Å². The molecule has 15 N–H and O–H groups in total. The molecule has 370 valence electrons. The largest absolute Gasteiger partial charge is 0.394 e. The normalized spacial score (nSPS) is 13.7. The first-order chi connectivity index (χ1) is 30.3. The molecule has 62 heavy (non-hydrogen) atoms. The molecular weight excluding hydrogens is 789 g/mol. The van der Waals surface area contributed by atoms with E-state index in [-0.39, 0.29) is 5.91 Å². The number of carbonyl (C=O) groups excluding carboxylic acids is 2. The summed E-state index contributed by atoms with van der Waals surface area (Å²) in [5, 5.41) is 67.5. The molecule has 0 spiro atoms. The first-order valence-corrected chi connectivity index (χ1v) is 25.4. The summed E-state index contributed by atoms with van der Waals surface area (Å²) in [5.74, 6) is 0.0470. The lowest BCUT2D eigenvalue weighted by Crippen LogP contribution is -2.51. The fourth-order valence-electron chi connectivity index (χ4n) is 7.52. The summed E-state index contributed by atoms with van der Waals surface area (Å²) in [6.45, 7) is 10.4. The average Bonchev–Trinajstić information content (AvgIpc) is 3.28. The van der Waals surface area contributed by atoms with E-state index in [4.69, 9.17) is 16.6 Å². The topological polar surface area (TPSA) is 260 Å². The second kappa shape index (κ2) is 47.5. The van der Waals surface area contributed by atoms with Crippen molar-refractivity contribution in [2.75, 3.05) is 85.1 Å². The Kier molecular flexibility index (Phi) is 46.3. The average molecular weight is 889 g/mol. The van der Waals surface area contributed by atoms with E-state index < -0.39 is 36.9 Å². The lowest BCUT2D eigenvalue weighted by atomic mass is 10.00. The number of nitrogens with two attached hydrogens (primary N) is 2. The molecule has 0 unspecified atom stereocenters. The van der Waals surface area contributed by atoms with Crippen molar-refractivity contribution in [3.8, 4) is 0 Å². The molecule has 0 heterocycles. The number of hydrogen-bond acceptors (Lipinski definition) is 13. The van der Waals surface area contributed by atoms with Gasteiger partial charge in [0.05, 0.1) is 6.61 Å². The van der Waals surface area contributed by atoms with Crippen LogP contribution in [-0.4, -0.2) is 147 Å². The van der Waals surface area contributed by atoms with E-state index in [0.29, 0.717) is 18.9 Å². The molecule has 0 saturated heterocycles. The molecule has 15 heteroatoms. The molecule has 0 aromatic heterocycles. The molecule has 0 bridgehead atoms. The van der Waals surface area contributed by atoms with Gasteiger partial charge < -0.3 is 68.9 Å². The Bertz CT molecular complexity index is 938. The molecule has 0 saturated carbocycles. The van der Waals surface area contributed by atoms with Gasteiger partial charge in [0.1, 0.15) is 18.3 Å². The van der Waals surface area contributed by atoms with Gasteiger partial charge in [-0.3, -0.25) is 9.59 Å². The van der Waals surface area contributed by atoms with Crippen LogP contribution >= 0.6 is 0 Å². The van der Waals surface area contributed by atoms with Crippen molar-refractivity contribution in [1.29, 1.82) is 0 Å². The Balaban J connectivity index is 3.74. The minimum Gasteiger partial charge on any atom is -0.394 e. The van der Waals surface area contributed by atoms with Crippen LogP contribution in [0, 0.1) is 5.92 Å². The number of aliphatic hydroxyl groups is 5. The second-order valence-corrected chi connectivity index (χ2v) is 17.5. The van der Waals surface area contributed by atoms with Crippen molar-refractivity contribution in [2.24, 2.45) is 17.4 Å². The maximum atomic E-state index is 12.3. The standard InChI is InChI=1S/C47H100N8O7/c48-28-24-34-50-30-20-22-32-52-38-41(39-53-33-23-21-31-51-35-25-29-49)26-16-13-15-18-36-54-43(58)27-17-12-10-8-6-4-2-1-3-5-7-9-11-14-19-37-55-47(62)46(61)45(60)44(59)42(57)40-56/h41-42,44-46,50-53,56-57,59-61H,1-40,48-49H2,(H,54,58)(H,55,62)/t42-,44-,45+,46-/m1/s1. The number of nitrogens with one attached hydrogen (secondary N) is 6. The summed E-state index contributed by atoms with van der Waals surface area (Å²) in [6.07, 6.45) is 23.7. The van der Waals surface area contributed by atoms with E-state index >= 15 is 0 Å². The Morgan fingerprint density at radius 1 is 0.419 bits per heavy atom. The van der Waals surface area contributed by atoms with Crippen molar-refractivity contribution in [3.05, 3.63) is 0 Å². The van der Waals surface area contributed by atoms with E-state index in [1.807, 2.05) is 0 Å². The first-order valence-electron chi connectivity index (χ1n) is 25.4. The third-order valence-electron chi connectivity index (χ3n) is 11.7. The Morgan fingerprint density at radius 3 is 1.24 bits per heavy atom. The van der Waals surface area contributed by atoms with Crippen molar-refractivity contribution in [2.45, 2.75) is 198 Å². The molecule has 0 aliphatic rings. The minimum absolute atomic E-state index is 0.206. The van der Waals surface area contributed by atoms with Gasteiger partial charge >= 0.3 is 0 Å². The third kappa shape index (κ3) is 40.0. The lowest BCUT2D eigenvalue weighted by Gasteiger charge is -2.24. The van der Waals surface area contributed by atoms with Crippen molar-refractivity contribution in [3.63, 3.8) is 0 Å². The monoisotopic (exact) mass is 889 g/mol. The molecule has 4 atom stereocenters. The summed E-state index contributed by atoms with van der Waals surface area (Å²) in [4.78, 5) is 24.3. The first kappa shape index (κ1) is 60.5. The fraction of sp³-hybridized carbons (Fsp3) is 0.957. The summed E-state index contributed by atoms with van der Waals surface area (Å²) in [6, 6.07) is 0. The molecule has 0 aliphatic carbocycles. The molecule has 0 fully saturated rings. The van der Waals surface area contributed by atoms with Gasteiger partial charge in [0, 0.05) is 19.5 Å². The van der Waals surface area contributed by atoms with Crippen LogP contribution in [0.15, 0.2) is 0 Å². The molecule has 0 aliphatic heterocycles. The molecule has 0 aromatic carbocycles. The number of unbranched alkanes of at least 4 members (excludes halogenated alkanes) is 19. The SMILES string of the molecule is NCCCNCCCCNCC(CCCCCCNC(=O)CCCCCCCCCCCCCCCCCNC(=O)[C@H](O)[C@@H](O)[C@H](O)[C@H](O)CO)CNCCCCNCCCN. The molecule has 0 aromatic rings. The highest BCUT2D eigenvalue weighted by Crippen LogP contribution is 2.15. The van der Waals surface area contributed by atoms with Crippen LogP contribution in [-0.2, 0) is 9.59 Å². The van der Waals surface area contributed by atoms with Crippen molar-refractivity contribution in [1.82, 2.24) is 31.9 Å². The smallest absolute Gasteiger partial charge is 0.251 e. The van der Waals surface area contributed by atoms with Gasteiger partial charge in [0.2, 0.25) is 5.91 Å². The lowest BCUT2D eigenvalue weighted by molar-refractivity contribution is -0.148. The number of carbonyl (C=O) groups is 2. The zero-order valence-electron chi connectivity index (χ0n) is 39.4. The third-order valence-corrected chi connectivity index (χ3v) is 11.7. The molecular formula is C47H100N8O7. The number of aliphatic hydroxyl groups excluding tert-OH is 5. The predicted molar refractivity (Wildman–Crippen MR) is 255 cm³/mol. The van der Waals surface area contributed by atoms with E-state index in [2.05, 4.69) is 31.9 Å². The van der Waals surface area contributed by atoms with Crippen LogP contribution in [0.3, 0.4) is 0 Å². The van der Waals surface area contributed by atoms with Gasteiger partial charge in [-0.05, 0) is 136 Å². The molecule has 0 radical (unpaired) electrons. The van der Waals surface area contributed by atoms with E-state index in [0.717, 1.165) is 130 Å². The van der Waals surface area contributed by atoms with Gasteiger partial charge in [-0.25, -0.2) is 0 Å². The summed E-state index contributed by atoms with van der Waals surface area (Å²) < 4.78 is 0. The summed E-state index contributed by atoms with van der Waals surface area (Å²) in [5.41, 5.74) is 11.1. The van der Waals surface area contributed by atoms with Crippen LogP contribution in [0.25, 0.3) is 0 Å². The second-order valence-electron chi connectivity index (χ2n) is 17.5. The van der Waals surface area contributed by atoms with Crippen LogP contribution in [0.5, 0.6) is 0 Å².